The Morgan fingerprint density at radius 3 is 2.88 bits per heavy atom. The summed E-state index contributed by atoms with van der Waals surface area (Å²) in [4.78, 5) is 36.8. The van der Waals surface area contributed by atoms with E-state index in [0.717, 1.165) is 12.8 Å². The van der Waals surface area contributed by atoms with Crippen molar-refractivity contribution < 1.29 is 9.53 Å². The van der Waals surface area contributed by atoms with E-state index < -0.39 is 0 Å². The van der Waals surface area contributed by atoms with E-state index in [1.165, 1.54) is 6.33 Å². The van der Waals surface area contributed by atoms with Gasteiger partial charge in [-0.3, -0.25) is 4.79 Å². The number of hydrogen-bond acceptors (Lipinski definition) is 5. The minimum atomic E-state index is -0.268. The predicted molar refractivity (Wildman–Crippen MR) is 95.0 cm³/mol. The summed E-state index contributed by atoms with van der Waals surface area (Å²) < 4.78 is 5.25. The van der Waals surface area contributed by atoms with Crippen molar-refractivity contribution in [1.82, 2.24) is 19.9 Å². The van der Waals surface area contributed by atoms with E-state index in [9.17, 15) is 9.59 Å². The zero-order valence-electron chi connectivity index (χ0n) is 14.1. The van der Waals surface area contributed by atoms with Gasteiger partial charge in [0.2, 0.25) is 0 Å². The molecule has 1 fully saturated rings. The van der Waals surface area contributed by atoms with Gasteiger partial charge in [-0.2, -0.15) is 0 Å². The molecule has 0 radical (unpaired) electrons. The van der Waals surface area contributed by atoms with E-state index in [4.69, 9.17) is 16.3 Å². The van der Waals surface area contributed by atoms with Gasteiger partial charge >= 0.3 is 6.09 Å². The number of aromatic amines is 1. The molecular formula is C17H21ClN4O3. The number of likely N-dealkylation sites (tertiary alicyclic amines) is 1. The van der Waals surface area contributed by atoms with Gasteiger partial charge in [-0.15, -0.1) is 0 Å². The molecule has 3 heterocycles. The summed E-state index contributed by atoms with van der Waals surface area (Å²) in [5.41, 5.74) is 0.945. The first kappa shape index (κ1) is 17.7. The number of halogens is 1. The first-order chi connectivity index (χ1) is 12.1. The third kappa shape index (κ3) is 3.92. The number of rotatable bonds is 4. The fraction of sp³-hybridized carbons (Fsp3) is 0.529. The molecular weight excluding hydrogens is 344 g/mol. The van der Waals surface area contributed by atoms with Crippen LogP contribution in [-0.4, -0.2) is 45.6 Å². The Labute approximate surface area is 150 Å². The van der Waals surface area contributed by atoms with E-state index in [1.807, 2.05) is 0 Å². The Bertz CT molecular complexity index is 815. The zero-order chi connectivity index (χ0) is 17.8. The highest BCUT2D eigenvalue weighted by atomic mass is 35.5. The molecule has 0 atom stereocenters. The molecule has 134 valence electrons. The SMILES string of the molecule is CCCCOC(=O)N1CCC(c2cc3c(Cl)ncnc3[nH]c2=O)CC1. The molecule has 0 spiro atoms. The van der Waals surface area contributed by atoms with E-state index in [-0.39, 0.29) is 17.6 Å². The number of fused-ring (bicyclic) bond motifs is 1. The van der Waals surface area contributed by atoms with Gasteiger partial charge in [0, 0.05) is 18.7 Å². The highest BCUT2D eigenvalue weighted by molar-refractivity contribution is 6.33. The molecule has 1 amide bonds. The van der Waals surface area contributed by atoms with Crippen molar-refractivity contribution in [3.63, 3.8) is 0 Å². The standard InChI is InChI=1S/C17H21ClN4O3/c1-2-3-8-25-17(24)22-6-4-11(5-7-22)12-9-13-14(18)19-10-20-15(13)21-16(12)23/h9-11H,2-8H2,1H3,(H,19,20,21,23). The topological polar surface area (TPSA) is 88.2 Å². The molecule has 1 aliphatic rings. The minimum Gasteiger partial charge on any atom is -0.449 e. The van der Waals surface area contributed by atoms with E-state index in [1.54, 1.807) is 11.0 Å². The van der Waals surface area contributed by atoms with E-state index in [2.05, 4.69) is 21.9 Å². The molecule has 0 saturated carbocycles. The number of amides is 1. The van der Waals surface area contributed by atoms with Crippen molar-refractivity contribution in [1.29, 1.82) is 0 Å². The van der Waals surface area contributed by atoms with Gasteiger partial charge in [0.25, 0.3) is 5.56 Å². The monoisotopic (exact) mass is 364 g/mol. The predicted octanol–water partition coefficient (Wildman–Crippen LogP) is 3.09. The molecule has 2 aromatic heterocycles. The molecule has 0 unspecified atom stereocenters. The van der Waals surface area contributed by atoms with Crippen molar-refractivity contribution in [2.45, 2.75) is 38.5 Å². The largest absolute Gasteiger partial charge is 0.449 e. The average molecular weight is 365 g/mol. The van der Waals surface area contributed by atoms with Gasteiger partial charge in [0.05, 0.1) is 12.0 Å². The van der Waals surface area contributed by atoms with Gasteiger partial charge in [-0.05, 0) is 31.2 Å². The number of carbonyl (C=O) groups excluding carboxylic acids is 1. The normalized spacial score (nSPS) is 15.5. The highest BCUT2D eigenvalue weighted by Crippen LogP contribution is 2.28. The quantitative estimate of drug-likeness (QED) is 0.665. The van der Waals surface area contributed by atoms with Gasteiger partial charge < -0.3 is 14.6 Å². The fourth-order valence-corrected chi connectivity index (χ4v) is 3.26. The Morgan fingerprint density at radius 1 is 1.40 bits per heavy atom. The summed E-state index contributed by atoms with van der Waals surface area (Å²) in [5.74, 6) is 0.0733. The maximum atomic E-state index is 12.4. The Kier molecular flexibility index (Phi) is 5.53. The first-order valence-corrected chi connectivity index (χ1v) is 8.93. The Hall–Kier alpha value is -2.15. The van der Waals surface area contributed by atoms with Crippen molar-refractivity contribution in [2.75, 3.05) is 19.7 Å². The molecule has 1 aliphatic heterocycles. The second-order valence-corrected chi connectivity index (χ2v) is 6.57. The second-order valence-electron chi connectivity index (χ2n) is 6.21. The maximum absolute atomic E-state index is 12.4. The van der Waals surface area contributed by atoms with Crippen LogP contribution >= 0.6 is 11.6 Å². The Balaban J connectivity index is 1.70. The number of unbranched alkanes of at least 4 members (excludes halogenated alkanes) is 1. The number of carbonyl (C=O) groups is 1. The number of pyridine rings is 1. The lowest BCUT2D eigenvalue weighted by atomic mass is 9.90. The molecule has 0 aromatic carbocycles. The number of nitrogens with one attached hydrogen (secondary N) is 1. The van der Waals surface area contributed by atoms with Crippen molar-refractivity contribution >= 4 is 28.7 Å². The first-order valence-electron chi connectivity index (χ1n) is 8.55. The van der Waals surface area contributed by atoms with Crippen molar-refractivity contribution in [3.8, 4) is 0 Å². The van der Waals surface area contributed by atoms with Crippen molar-refractivity contribution in [3.05, 3.63) is 33.5 Å². The lowest BCUT2D eigenvalue weighted by Crippen LogP contribution is -2.39. The van der Waals surface area contributed by atoms with Crippen LogP contribution in [0.4, 0.5) is 4.79 Å². The van der Waals surface area contributed by atoms with Crippen LogP contribution in [0.15, 0.2) is 17.2 Å². The van der Waals surface area contributed by atoms with Crippen LogP contribution in [0, 0.1) is 0 Å². The Morgan fingerprint density at radius 2 is 2.16 bits per heavy atom. The number of piperidine rings is 1. The third-order valence-electron chi connectivity index (χ3n) is 4.55. The number of ether oxygens (including phenoxy) is 1. The average Bonchev–Trinajstić information content (AvgIpc) is 2.62. The van der Waals surface area contributed by atoms with E-state index in [0.29, 0.717) is 54.3 Å². The lowest BCUT2D eigenvalue weighted by molar-refractivity contribution is 0.0915. The van der Waals surface area contributed by atoms with Gasteiger partial charge in [-0.1, -0.05) is 24.9 Å². The van der Waals surface area contributed by atoms with Crippen LogP contribution in [0.3, 0.4) is 0 Å². The second kappa shape index (κ2) is 7.82. The summed E-state index contributed by atoms with van der Waals surface area (Å²) in [5, 5.41) is 0.958. The summed E-state index contributed by atoms with van der Waals surface area (Å²) in [7, 11) is 0. The molecule has 0 bridgehead atoms. The van der Waals surface area contributed by atoms with E-state index >= 15 is 0 Å². The summed E-state index contributed by atoms with van der Waals surface area (Å²) in [6.07, 6.45) is 4.34. The molecule has 8 heteroatoms. The summed E-state index contributed by atoms with van der Waals surface area (Å²) in [6.45, 7) is 3.66. The molecule has 1 N–H and O–H groups in total. The van der Waals surface area contributed by atoms with Crippen LogP contribution in [0.5, 0.6) is 0 Å². The zero-order valence-corrected chi connectivity index (χ0v) is 14.9. The van der Waals surface area contributed by atoms with Crippen LogP contribution in [0.1, 0.15) is 44.1 Å². The van der Waals surface area contributed by atoms with Gasteiger partial charge in [0.1, 0.15) is 17.1 Å². The highest BCUT2D eigenvalue weighted by Gasteiger charge is 2.26. The van der Waals surface area contributed by atoms with Crippen LogP contribution in [-0.2, 0) is 4.74 Å². The van der Waals surface area contributed by atoms with Gasteiger partial charge in [-0.25, -0.2) is 14.8 Å². The lowest BCUT2D eigenvalue weighted by Gasteiger charge is -2.31. The molecule has 7 nitrogen and oxygen atoms in total. The van der Waals surface area contributed by atoms with Gasteiger partial charge in [0.15, 0.2) is 0 Å². The summed E-state index contributed by atoms with van der Waals surface area (Å²) in [6, 6.07) is 1.77. The molecule has 1 saturated heterocycles. The summed E-state index contributed by atoms with van der Waals surface area (Å²) >= 11 is 6.10. The molecule has 0 aliphatic carbocycles. The molecule has 25 heavy (non-hydrogen) atoms. The maximum Gasteiger partial charge on any atom is 0.409 e. The molecule has 2 aromatic rings. The van der Waals surface area contributed by atoms with Crippen LogP contribution in [0.2, 0.25) is 5.15 Å². The number of hydrogen-bond donors (Lipinski definition) is 1. The van der Waals surface area contributed by atoms with Crippen LogP contribution in [0.25, 0.3) is 11.0 Å². The molecule has 3 rings (SSSR count). The number of aromatic nitrogens is 3. The number of H-pyrrole nitrogens is 1. The fourth-order valence-electron chi connectivity index (χ4n) is 3.07. The third-order valence-corrected chi connectivity index (χ3v) is 4.85. The minimum absolute atomic E-state index is 0.0733. The van der Waals surface area contributed by atoms with Crippen molar-refractivity contribution in [2.24, 2.45) is 0 Å². The number of nitrogens with zero attached hydrogens (tertiary/aromatic N) is 3. The van der Waals surface area contributed by atoms with Crippen LogP contribution < -0.4 is 5.56 Å². The smallest absolute Gasteiger partial charge is 0.409 e.